The van der Waals surface area contributed by atoms with Crippen LogP contribution in [0, 0.1) is 5.92 Å². The molecule has 2 nitrogen and oxygen atoms in total. The van der Waals surface area contributed by atoms with Crippen LogP contribution in [-0.2, 0) is 0 Å². The Hall–Kier alpha value is -0.0000000000000000486. The topological polar surface area (TPSA) is 46.2 Å². The maximum Gasteiger partial charge on any atom is 0.251 e. The van der Waals surface area contributed by atoms with Gasteiger partial charge in [-0.25, -0.2) is 13.2 Å². The van der Waals surface area contributed by atoms with Crippen molar-refractivity contribution in [3.05, 3.63) is 0 Å². The van der Waals surface area contributed by atoms with Crippen LogP contribution in [0.1, 0.15) is 12.8 Å². The van der Waals surface area contributed by atoms with Gasteiger partial charge in [-0.05, 0) is 0 Å². The maximum absolute atomic E-state index is 12.6. The Bertz CT molecular complexity index is 170. The molecule has 0 heterocycles. The summed E-state index contributed by atoms with van der Waals surface area (Å²) >= 11 is 0. The molecular weight excluding hydrogens is 207 g/mol. The molecule has 0 radical (unpaired) electrons. The van der Waals surface area contributed by atoms with E-state index >= 15 is 0 Å². The Morgan fingerprint density at radius 1 is 1.46 bits per heavy atom. The number of halogens is 4. The lowest BCUT2D eigenvalue weighted by atomic mass is 9.98. The number of hydrogen-bond donors (Lipinski definition) is 2. The molecule has 3 unspecified atom stereocenters. The first-order valence-corrected chi connectivity index (χ1v) is 3.84. The van der Waals surface area contributed by atoms with Crippen LogP contribution in [0.4, 0.5) is 13.2 Å². The second-order valence-electron chi connectivity index (χ2n) is 3.31. The summed E-state index contributed by atoms with van der Waals surface area (Å²) in [6, 6.07) is -0.964. The molecule has 0 amide bonds. The number of alkyl halides is 3. The van der Waals surface area contributed by atoms with E-state index in [0.717, 1.165) is 0 Å². The summed E-state index contributed by atoms with van der Waals surface area (Å²) in [5.74, 6) is -3.68. The summed E-state index contributed by atoms with van der Waals surface area (Å²) in [5.41, 5.74) is 5.22. The van der Waals surface area contributed by atoms with E-state index < -0.39 is 43.5 Å². The molecule has 0 aromatic carbocycles. The van der Waals surface area contributed by atoms with Gasteiger partial charge in [0.25, 0.3) is 5.92 Å². The summed E-state index contributed by atoms with van der Waals surface area (Å²) < 4.78 is 37.2. The summed E-state index contributed by atoms with van der Waals surface area (Å²) in [5, 5.41) is 9.10. The van der Waals surface area contributed by atoms with E-state index in [4.69, 9.17) is 10.8 Å². The molecule has 0 aromatic heterocycles. The molecule has 3 N–H and O–H groups in total. The van der Waals surface area contributed by atoms with E-state index in [2.05, 4.69) is 0 Å². The predicted molar refractivity (Wildman–Crippen MR) is 44.9 cm³/mol. The molecule has 1 rings (SSSR count). The fourth-order valence-corrected chi connectivity index (χ4v) is 1.57. The highest BCUT2D eigenvalue weighted by molar-refractivity contribution is 5.85. The van der Waals surface area contributed by atoms with E-state index in [-0.39, 0.29) is 12.4 Å². The van der Waals surface area contributed by atoms with Gasteiger partial charge >= 0.3 is 0 Å². The zero-order chi connectivity index (χ0) is 9.35. The molecule has 1 aliphatic carbocycles. The second-order valence-corrected chi connectivity index (χ2v) is 3.31. The largest absolute Gasteiger partial charge is 0.393 e. The van der Waals surface area contributed by atoms with Gasteiger partial charge in [-0.3, -0.25) is 0 Å². The van der Waals surface area contributed by atoms with Crippen LogP contribution in [0.5, 0.6) is 0 Å². The molecule has 0 aromatic rings. The Kier molecular flexibility index (Phi) is 4.48. The highest BCUT2D eigenvalue weighted by Gasteiger charge is 2.47. The van der Waals surface area contributed by atoms with Crippen molar-refractivity contribution in [3.8, 4) is 0 Å². The van der Waals surface area contributed by atoms with Crippen LogP contribution >= 0.6 is 12.4 Å². The number of aliphatic hydroxyl groups excluding tert-OH is 1. The van der Waals surface area contributed by atoms with Gasteiger partial charge < -0.3 is 10.8 Å². The quantitative estimate of drug-likeness (QED) is 0.731. The monoisotopic (exact) mass is 219 g/mol. The third kappa shape index (κ3) is 3.00. The maximum atomic E-state index is 12.6. The Morgan fingerprint density at radius 2 is 2.00 bits per heavy atom. The van der Waals surface area contributed by atoms with Gasteiger partial charge in [0.2, 0.25) is 0 Å². The standard InChI is InChI=1S/C7H12F3NO.ClH/c8-3-5(11)4-1-7(9,10)2-6(4)12;/h4-6,12H,1-3,11H2;1H. The molecule has 1 fully saturated rings. The van der Waals surface area contributed by atoms with Gasteiger partial charge in [0, 0.05) is 24.8 Å². The summed E-state index contributed by atoms with van der Waals surface area (Å²) in [7, 11) is 0. The van der Waals surface area contributed by atoms with Gasteiger partial charge in [-0.15, -0.1) is 12.4 Å². The molecular formula is C7H13ClF3NO. The fourth-order valence-electron chi connectivity index (χ4n) is 1.57. The van der Waals surface area contributed by atoms with Crippen molar-refractivity contribution < 1.29 is 18.3 Å². The minimum absolute atomic E-state index is 0. The Labute approximate surface area is 80.7 Å². The van der Waals surface area contributed by atoms with E-state index in [1.165, 1.54) is 0 Å². The van der Waals surface area contributed by atoms with Crippen molar-refractivity contribution in [3.63, 3.8) is 0 Å². The van der Waals surface area contributed by atoms with Crippen LogP contribution in [0.2, 0.25) is 0 Å². The number of aliphatic hydroxyl groups is 1. The van der Waals surface area contributed by atoms with E-state index in [1.807, 2.05) is 0 Å². The number of rotatable bonds is 2. The minimum Gasteiger partial charge on any atom is -0.393 e. The highest BCUT2D eigenvalue weighted by Crippen LogP contribution is 2.40. The van der Waals surface area contributed by atoms with Gasteiger partial charge in [0.05, 0.1) is 6.10 Å². The SMILES string of the molecule is Cl.NC(CF)C1CC(F)(F)CC1O. The van der Waals surface area contributed by atoms with E-state index in [0.29, 0.717) is 0 Å². The van der Waals surface area contributed by atoms with E-state index in [1.54, 1.807) is 0 Å². The zero-order valence-corrected chi connectivity index (χ0v) is 7.74. The summed E-state index contributed by atoms with van der Waals surface area (Å²) in [6.07, 6.45) is -2.25. The number of hydrogen-bond acceptors (Lipinski definition) is 2. The molecule has 6 heteroatoms. The molecule has 1 aliphatic rings. The molecule has 3 atom stereocenters. The van der Waals surface area contributed by atoms with Crippen LogP contribution in [0.15, 0.2) is 0 Å². The van der Waals surface area contributed by atoms with Crippen molar-refractivity contribution in [2.45, 2.75) is 30.9 Å². The molecule has 1 saturated carbocycles. The van der Waals surface area contributed by atoms with Crippen LogP contribution in [0.25, 0.3) is 0 Å². The highest BCUT2D eigenvalue weighted by atomic mass is 35.5. The molecule has 13 heavy (non-hydrogen) atoms. The Morgan fingerprint density at radius 3 is 2.31 bits per heavy atom. The lowest BCUT2D eigenvalue weighted by Gasteiger charge is -2.18. The normalized spacial score (nSPS) is 33.9. The van der Waals surface area contributed by atoms with Crippen LogP contribution in [0.3, 0.4) is 0 Å². The number of nitrogens with two attached hydrogens (primary N) is 1. The summed E-state index contributed by atoms with van der Waals surface area (Å²) in [6.45, 7) is -0.863. The molecule has 0 spiro atoms. The van der Waals surface area contributed by atoms with Gasteiger partial charge in [-0.2, -0.15) is 0 Å². The first-order valence-electron chi connectivity index (χ1n) is 3.84. The Balaban J connectivity index is 0.00000144. The fraction of sp³-hybridized carbons (Fsp3) is 1.00. The molecule has 0 bridgehead atoms. The van der Waals surface area contributed by atoms with Crippen molar-refractivity contribution >= 4 is 12.4 Å². The van der Waals surface area contributed by atoms with Gasteiger partial charge in [0.15, 0.2) is 0 Å². The second kappa shape index (κ2) is 4.48. The van der Waals surface area contributed by atoms with Crippen molar-refractivity contribution in [2.24, 2.45) is 11.7 Å². The van der Waals surface area contributed by atoms with Crippen LogP contribution in [-0.4, -0.2) is 29.8 Å². The third-order valence-corrected chi connectivity index (χ3v) is 2.26. The first kappa shape index (κ1) is 13.0. The lowest BCUT2D eigenvalue weighted by molar-refractivity contribution is -0.00404. The van der Waals surface area contributed by atoms with E-state index in [9.17, 15) is 13.2 Å². The first-order chi connectivity index (χ1) is 5.46. The average molecular weight is 220 g/mol. The zero-order valence-electron chi connectivity index (χ0n) is 6.92. The summed E-state index contributed by atoms with van der Waals surface area (Å²) in [4.78, 5) is 0. The predicted octanol–water partition coefficient (Wildman–Crippen LogP) is 1.11. The van der Waals surface area contributed by atoms with Crippen molar-refractivity contribution in [1.29, 1.82) is 0 Å². The van der Waals surface area contributed by atoms with Crippen molar-refractivity contribution in [2.75, 3.05) is 6.67 Å². The third-order valence-electron chi connectivity index (χ3n) is 2.26. The minimum atomic E-state index is -2.88. The van der Waals surface area contributed by atoms with Crippen LogP contribution < -0.4 is 5.73 Å². The average Bonchev–Trinajstić information content (AvgIpc) is 2.23. The smallest absolute Gasteiger partial charge is 0.251 e. The van der Waals surface area contributed by atoms with Crippen molar-refractivity contribution in [1.82, 2.24) is 0 Å². The van der Waals surface area contributed by atoms with Gasteiger partial charge in [0.1, 0.15) is 6.67 Å². The lowest BCUT2D eigenvalue weighted by Crippen LogP contribution is -2.36. The molecule has 80 valence electrons. The molecule has 0 aliphatic heterocycles. The molecule has 0 saturated heterocycles. The van der Waals surface area contributed by atoms with Gasteiger partial charge in [-0.1, -0.05) is 0 Å².